The van der Waals surface area contributed by atoms with Crippen LogP contribution in [-0.2, 0) is 4.74 Å². The normalized spacial score (nSPS) is 18.6. The molecule has 1 aliphatic heterocycles. The summed E-state index contributed by atoms with van der Waals surface area (Å²) in [6, 6.07) is 0.123. The summed E-state index contributed by atoms with van der Waals surface area (Å²) < 4.78 is 5.19. The average molecular weight is 307 g/mol. The summed E-state index contributed by atoms with van der Waals surface area (Å²) in [5.41, 5.74) is 0.528. The molecule has 21 heavy (non-hydrogen) atoms. The molecular weight excluding hydrogens is 290 g/mol. The predicted molar refractivity (Wildman–Crippen MR) is 80.9 cm³/mol. The summed E-state index contributed by atoms with van der Waals surface area (Å²) in [4.78, 5) is 34.5. The number of nitrogens with zero attached hydrogens (tertiary/aromatic N) is 2. The second kappa shape index (κ2) is 5.57. The van der Waals surface area contributed by atoms with Crippen LogP contribution >= 0.6 is 11.3 Å². The van der Waals surface area contributed by atoms with E-state index < -0.39 is 0 Å². The molecule has 0 aromatic carbocycles. The number of ether oxygens (including phenoxy) is 1. The van der Waals surface area contributed by atoms with Gasteiger partial charge < -0.3 is 14.6 Å². The molecule has 0 aliphatic carbocycles. The van der Waals surface area contributed by atoms with Gasteiger partial charge in [-0.25, -0.2) is 4.98 Å². The Balaban J connectivity index is 2.00. The van der Waals surface area contributed by atoms with E-state index in [2.05, 4.69) is 9.97 Å². The number of hydrogen-bond acceptors (Lipinski definition) is 5. The number of carbonyl (C=O) groups excluding carboxylic acids is 1. The third-order valence-corrected chi connectivity index (χ3v) is 5.11. The molecule has 1 amide bonds. The van der Waals surface area contributed by atoms with Crippen LogP contribution in [0.15, 0.2) is 11.1 Å². The third kappa shape index (κ3) is 2.36. The number of likely N-dealkylation sites (tertiary alicyclic amines) is 1. The first-order valence-corrected chi connectivity index (χ1v) is 7.71. The topological polar surface area (TPSA) is 75.3 Å². The SMILES string of the molecule is COC[C@H]1CCCN1C(=O)c1sc2nc[nH]c(=O)c2c1C. The Kier molecular flexibility index (Phi) is 3.77. The highest BCUT2D eigenvalue weighted by atomic mass is 32.1. The Morgan fingerprint density at radius 1 is 1.62 bits per heavy atom. The van der Waals surface area contributed by atoms with Gasteiger partial charge in [-0.2, -0.15) is 0 Å². The molecule has 0 radical (unpaired) electrons. The zero-order valence-electron chi connectivity index (χ0n) is 12.0. The number of H-pyrrole nitrogens is 1. The number of rotatable bonds is 3. The Morgan fingerprint density at radius 3 is 3.14 bits per heavy atom. The van der Waals surface area contributed by atoms with Crippen molar-refractivity contribution in [3.63, 3.8) is 0 Å². The number of thiophene rings is 1. The van der Waals surface area contributed by atoms with Crippen LogP contribution in [0.5, 0.6) is 0 Å². The molecular formula is C14H17N3O3S. The predicted octanol–water partition coefficient (Wildman–Crippen LogP) is 1.54. The monoisotopic (exact) mass is 307 g/mol. The number of aryl methyl sites for hydroxylation is 1. The lowest BCUT2D eigenvalue weighted by Crippen LogP contribution is -2.38. The molecule has 6 nitrogen and oxygen atoms in total. The summed E-state index contributed by atoms with van der Waals surface area (Å²) in [5.74, 6) is -0.0190. The molecule has 2 aromatic rings. The van der Waals surface area contributed by atoms with Crippen LogP contribution in [0.3, 0.4) is 0 Å². The maximum Gasteiger partial charge on any atom is 0.264 e. The van der Waals surface area contributed by atoms with Gasteiger partial charge in [-0.3, -0.25) is 9.59 Å². The number of methoxy groups -OCH3 is 1. The van der Waals surface area contributed by atoms with E-state index in [4.69, 9.17) is 4.74 Å². The van der Waals surface area contributed by atoms with Crippen molar-refractivity contribution in [1.29, 1.82) is 0 Å². The average Bonchev–Trinajstić information content (AvgIpc) is 3.04. The number of carbonyl (C=O) groups is 1. The van der Waals surface area contributed by atoms with Gasteiger partial charge in [0.1, 0.15) is 4.83 Å². The number of aromatic nitrogens is 2. The number of nitrogens with one attached hydrogen (secondary N) is 1. The fraction of sp³-hybridized carbons (Fsp3) is 0.500. The van der Waals surface area contributed by atoms with Crippen LogP contribution in [0.4, 0.5) is 0 Å². The molecule has 1 aliphatic rings. The molecule has 1 N–H and O–H groups in total. The minimum atomic E-state index is -0.192. The summed E-state index contributed by atoms with van der Waals surface area (Å²) >= 11 is 1.29. The van der Waals surface area contributed by atoms with Gasteiger partial charge in [0.2, 0.25) is 0 Å². The highest BCUT2D eigenvalue weighted by molar-refractivity contribution is 7.20. The van der Waals surface area contributed by atoms with Crippen LogP contribution in [0.2, 0.25) is 0 Å². The minimum Gasteiger partial charge on any atom is -0.383 e. The molecule has 0 bridgehead atoms. The fourth-order valence-corrected chi connectivity index (χ4v) is 3.99. The van der Waals surface area contributed by atoms with Gasteiger partial charge in [0.15, 0.2) is 0 Å². The van der Waals surface area contributed by atoms with Crippen LogP contribution < -0.4 is 5.56 Å². The van der Waals surface area contributed by atoms with Crippen molar-refractivity contribution in [3.8, 4) is 0 Å². The van der Waals surface area contributed by atoms with Crippen molar-refractivity contribution in [2.24, 2.45) is 0 Å². The number of amides is 1. The Bertz CT molecular complexity index is 737. The molecule has 1 saturated heterocycles. The van der Waals surface area contributed by atoms with Crippen molar-refractivity contribution in [2.45, 2.75) is 25.8 Å². The van der Waals surface area contributed by atoms with E-state index in [0.29, 0.717) is 21.7 Å². The zero-order chi connectivity index (χ0) is 15.0. The van der Waals surface area contributed by atoms with Crippen molar-refractivity contribution < 1.29 is 9.53 Å². The molecule has 0 spiro atoms. The lowest BCUT2D eigenvalue weighted by molar-refractivity contribution is 0.0634. The number of hydrogen-bond donors (Lipinski definition) is 1. The number of fused-ring (bicyclic) bond motifs is 1. The lowest BCUT2D eigenvalue weighted by Gasteiger charge is -2.23. The highest BCUT2D eigenvalue weighted by Gasteiger charge is 2.31. The molecule has 3 rings (SSSR count). The standard InChI is InChI=1S/C14H17N3O3S/c1-8-10-12(18)15-7-16-13(10)21-11(8)14(19)17-5-3-4-9(17)6-20-2/h7,9H,3-6H2,1-2H3,(H,15,16,18)/t9-/m1/s1. The van der Waals surface area contributed by atoms with E-state index in [1.165, 1.54) is 17.7 Å². The maximum absolute atomic E-state index is 12.8. The largest absolute Gasteiger partial charge is 0.383 e. The summed E-state index contributed by atoms with van der Waals surface area (Å²) in [5, 5.41) is 0.522. The fourth-order valence-electron chi connectivity index (χ4n) is 2.88. The molecule has 7 heteroatoms. The van der Waals surface area contributed by atoms with Gasteiger partial charge in [0, 0.05) is 13.7 Å². The third-order valence-electron chi connectivity index (χ3n) is 3.92. The molecule has 0 saturated carbocycles. The Labute approximate surface area is 125 Å². The summed E-state index contributed by atoms with van der Waals surface area (Å²) in [7, 11) is 1.65. The molecule has 1 fully saturated rings. The second-order valence-electron chi connectivity index (χ2n) is 5.22. The van der Waals surface area contributed by atoms with E-state index in [9.17, 15) is 9.59 Å². The van der Waals surface area contributed by atoms with Crippen molar-refractivity contribution >= 4 is 27.5 Å². The minimum absolute atomic E-state index is 0.0190. The van der Waals surface area contributed by atoms with E-state index in [0.717, 1.165) is 24.9 Å². The first-order valence-electron chi connectivity index (χ1n) is 6.90. The molecule has 112 valence electrons. The van der Waals surface area contributed by atoms with Crippen LogP contribution in [-0.4, -0.2) is 47.1 Å². The first-order chi connectivity index (χ1) is 10.1. The molecule has 2 aromatic heterocycles. The van der Waals surface area contributed by atoms with Gasteiger partial charge in [-0.05, 0) is 25.3 Å². The van der Waals surface area contributed by atoms with E-state index in [1.54, 1.807) is 7.11 Å². The van der Waals surface area contributed by atoms with Crippen LogP contribution in [0.1, 0.15) is 28.1 Å². The lowest BCUT2D eigenvalue weighted by atomic mass is 10.2. The van der Waals surface area contributed by atoms with Crippen LogP contribution in [0.25, 0.3) is 10.2 Å². The molecule has 0 unspecified atom stereocenters. The van der Waals surface area contributed by atoms with E-state index in [-0.39, 0.29) is 17.5 Å². The van der Waals surface area contributed by atoms with Gasteiger partial charge in [-0.1, -0.05) is 0 Å². The van der Waals surface area contributed by atoms with Gasteiger partial charge in [-0.15, -0.1) is 11.3 Å². The molecule has 3 heterocycles. The zero-order valence-corrected chi connectivity index (χ0v) is 12.8. The first kappa shape index (κ1) is 14.2. The highest BCUT2D eigenvalue weighted by Crippen LogP contribution is 2.30. The van der Waals surface area contributed by atoms with E-state index in [1.807, 2.05) is 11.8 Å². The van der Waals surface area contributed by atoms with Gasteiger partial charge in [0.05, 0.1) is 29.2 Å². The van der Waals surface area contributed by atoms with Gasteiger partial charge >= 0.3 is 0 Å². The summed E-state index contributed by atoms with van der Waals surface area (Å²) in [6.45, 7) is 3.10. The Hall–Kier alpha value is -1.73. The second-order valence-corrected chi connectivity index (χ2v) is 6.22. The van der Waals surface area contributed by atoms with E-state index >= 15 is 0 Å². The Morgan fingerprint density at radius 2 is 2.43 bits per heavy atom. The summed E-state index contributed by atoms with van der Waals surface area (Å²) in [6.07, 6.45) is 3.32. The number of aromatic amines is 1. The quantitative estimate of drug-likeness (QED) is 0.933. The van der Waals surface area contributed by atoms with Crippen molar-refractivity contribution in [1.82, 2.24) is 14.9 Å². The van der Waals surface area contributed by atoms with Gasteiger partial charge in [0.25, 0.3) is 11.5 Å². The maximum atomic E-state index is 12.8. The van der Waals surface area contributed by atoms with Crippen molar-refractivity contribution in [3.05, 3.63) is 27.1 Å². The molecule has 1 atom stereocenters. The smallest absolute Gasteiger partial charge is 0.264 e. The van der Waals surface area contributed by atoms with Crippen molar-refractivity contribution in [2.75, 3.05) is 20.3 Å². The van der Waals surface area contributed by atoms with Crippen LogP contribution in [0, 0.1) is 6.92 Å².